The van der Waals surface area contributed by atoms with E-state index >= 15 is 0 Å². The highest BCUT2D eigenvalue weighted by atomic mass is 32.2. The van der Waals surface area contributed by atoms with Crippen molar-refractivity contribution in [3.63, 3.8) is 0 Å². The van der Waals surface area contributed by atoms with E-state index in [9.17, 15) is 13.2 Å². The van der Waals surface area contributed by atoms with Crippen LogP contribution in [-0.4, -0.2) is 38.2 Å². The zero-order chi connectivity index (χ0) is 20.8. The molecule has 2 aliphatic rings. The number of sulfonamides is 1. The van der Waals surface area contributed by atoms with Gasteiger partial charge in [-0.2, -0.15) is 8.42 Å². The Balaban J connectivity index is 1.55. The van der Waals surface area contributed by atoms with Gasteiger partial charge in [-0.1, -0.05) is 29.8 Å². The normalized spacial score (nSPS) is 20.2. The molecular weight excluding hydrogens is 386 g/mol. The van der Waals surface area contributed by atoms with Crippen LogP contribution in [0.25, 0.3) is 0 Å². The average Bonchev–Trinajstić information content (AvgIpc) is 2.96. The van der Waals surface area contributed by atoms with Crippen LogP contribution in [0.3, 0.4) is 0 Å². The second kappa shape index (κ2) is 7.30. The first kappa shape index (κ1) is 19.6. The van der Waals surface area contributed by atoms with Crippen LogP contribution in [0.2, 0.25) is 0 Å². The Hall–Kier alpha value is -2.67. The summed E-state index contributed by atoms with van der Waals surface area (Å²) in [5.41, 5.74) is 4.75. The molecule has 0 bridgehead atoms. The summed E-state index contributed by atoms with van der Waals surface area (Å²) in [6.07, 6.45) is 1.58. The van der Waals surface area contributed by atoms with Crippen molar-refractivity contribution < 1.29 is 13.2 Å². The van der Waals surface area contributed by atoms with E-state index in [2.05, 4.69) is 21.8 Å². The number of nitrogens with zero attached hydrogens (tertiary/aromatic N) is 2. The zero-order valence-electron chi connectivity index (χ0n) is 16.9. The van der Waals surface area contributed by atoms with E-state index in [0.717, 1.165) is 29.7 Å². The molecule has 2 aromatic rings. The molecule has 2 aromatic carbocycles. The lowest BCUT2D eigenvalue weighted by molar-refractivity contribution is -0.121. The van der Waals surface area contributed by atoms with Gasteiger partial charge >= 0.3 is 0 Å². The molecule has 0 aliphatic carbocycles. The van der Waals surface area contributed by atoms with E-state index < -0.39 is 10.0 Å². The number of likely N-dealkylation sites (tertiary alicyclic amines) is 1. The van der Waals surface area contributed by atoms with Crippen LogP contribution < -0.4 is 5.32 Å². The summed E-state index contributed by atoms with van der Waals surface area (Å²) in [4.78, 5) is 15.2. The molecule has 6 nitrogen and oxygen atoms in total. The molecule has 1 unspecified atom stereocenters. The van der Waals surface area contributed by atoms with Crippen LogP contribution >= 0.6 is 0 Å². The number of hydrogen-bond acceptors (Lipinski definition) is 4. The smallest absolute Gasteiger partial charge is 0.285 e. The number of anilines is 1. The second-order valence-corrected chi connectivity index (χ2v) is 9.51. The summed E-state index contributed by atoms with van der Waals surface area (Å²) in [6, 6.07) is 11.0. The highest BCUT2D eigenvalue weighted by Gasteiger charge is 2.35. The van der Waals surface area contributed by atoms with Gasteiger partial charge in [0.2, 0.25) is 5.91 Å². The first-order valence-electron chi connectivity index (χ1n) is 9.84. The van der Waals surface area contributed by atoms with Crippen LogP contribution in [0.4, 0.5) is 5.69 Å². The molecule has 4 rings (SSSR count). The third-order valence-corrected chi connectivity index (χ3v) is 6.95. The summed E-state index contributed by atoms with van der Waals surface area (Å²) >= 11 is 0. The van der Waals surface area contributed by atoms with E-state index in [1.165, 1.54) is 5.56 Å². The summed E-state index contributed by atoms with van der Waals surface area (Å²) in [7, 11) is -3.66. The minimum Gasteiger partial charge on any atom is -0.355 e. The highest BCUT2D eigenvalue weighted by molar-refractivity contribution is 7.90. The molecule has 29 heavy (non-hydrogen) atoms. The average molecular weight is 412 g/mol. The second-order valence-electron chi connectivity index (χ2n) is 7.93. The molecule has 1 saturated heterocycles. The molecule has 0 spiro atoms. The van der Waals surface area contributed by atoms with Gasteiger partial charge in [0, 0.05) is 24.3 Å². The maximum atomic E-state index is 13.0. The Bertz CT molecular complexity index is 1100. The summed E-state index contributed by atoms with van der Waals surface area (Å²) in [5, 5.41) is 3.10. The van der Waals surface area contributed by atoms with Crippen molar-refractivity contribution in [1.29, 1.82) is 0 Å². The minimum absolute atomic E-state index is 0.0282. The van der Waals surface area contributed by atoms with Crippen molar-refractivity contribution in [3.05, 3.63) is 58.7 Å². The summed E-state index contributed by atoms with van der Waals surface area (Å²) in [5.74, 6) is 0.210. The molecule has 1 fully saturated rings. The zero-order valence-corrected chi connectivity index (χ0v) is 17.7. The molecule has 0 aromatic heterocycles. The van der Waals surface area contributed by atoms with Crippen LogP contribution in [0, 0.1) is 26.7 Å². The number of carbonyl (C=O) groups excluding carboxylic acids is 1. The number of hydrogen-bond donors (Lipinski definition) is 1. The van der Waals surface area contributed by atoms with Crippen molar-refractivity contribution in [3.8, 4) is 0 Å². The molecule has 2 heterocycles. The fourth-order valence-corrected chi connectivity index (χ4v) is 5.53. The van der Waals surface area contributed by atoms with Gasteiger partial charge in [0.1, 0.15) is 4.90 Å². The molecule has 0 radical (unpaired) electrons. The van der Waals surface area contributed by atoms with E-state index in [-0.39, 0.29) is 16.7 Å². The van der Waals surface area contributed by atoms with Crippen molar-refractivity contribution in [2.75, 3.05) is 18.4 Å². The van der Waals surface area contributed by atoms with Crippen molar-refractivity contribution >= 4 is 27.5 Å². The van der Waals surface area contributed by atoms with E-state index in [1.54, 1.807) is 18.2 Å². The van der Waals surface area contributed by atoms with Gasteiger partial charge in [-0.15, -0.1) is 4.40 Å². The van der Waals surface area contributed by atoms with Gasteiger partial charge in [0.15, 0.2) is 5.84 Å². The number of carbonyl (C=O) groups is 1. The predicted molar refractivity (Wildman–Crippen MR) is 114 cm³/mol. The first-order chi connectivity index (χ1) is 13.8. The third kappa shape index (κ3) is 3.67. The first-order valence-corrected chi connectivity index (χ1v) is 11.3. The van der Waals surface area contributed by atoms with Gasteiger partial charge in [-0.3, -0.25) is 4.79 Å². The number of nitrogens with one attached hydrogen (secondary N) is 1. The quantitative estimate of drug-likeness (QED) is 0.821. The number of amidine groups is 1. The lowest BCUT2D eigenvalue weighted by atomic mass is 9.95. The van der Waals surface area contributed by atoms with E-state index in [4.69, 9.17) is 0 Å². The number of benzene rings is 2. The molecule has 1 amide bonds. The van der Waals surface area contributed by atoms with Gasteiger partial charge in [0.05, 0.1) is 5.92 Å². The largest absolute Gasteiger partial charge is 0.355 e. The van der Waals surface area contributed by atoms with Gasteiger partial charge < -0.3 is 10.2 Å². The third-order valence-electron chi connectivity index (χ3n) is 5.63. The van der Waals surface area contributed by atoms with Crippen LogP contribution in [-0.2, 0) is 14.8 Å². The Morgan fingerprint density at radius 3 is 2.55 bits per heavy atom. The van der Waals surface area contributed by atoms with Gasteiger partial charge in [0.25, 0.3) is 10.0 Å². The molecule has 0 saturated carbocycles. The van der Waals surface area contributed by atoms with Crippen molar-refractivity contribution in [1.82, 2.24) is 4.90 Å². The predicted octanol–water partition coefficient (Wildman–Crippen LogP) is 3.41. The number of piperidine rings is 1. The van der Waals surface area contributed by atoms with E-state index in [1.807, 2.05) is 31.7 Å². The number of rotatable bonds is 2. The fourth-order valence-electron chi connectivity index (χ4n) is 4.30. The molecular formula is C22H25N3O3S. The Kier molecular flexibility index (Phi) is 4.94. The van der Waals surface area contributed by atoms with Crippen LogP contribution in [0.5, 0.6) is 0 Å². The molecule has 152 valence electrons. The Morgan fingerprint density at radius 1 is 1.14 bits per heavy atom. The minimum atomic E-state index is -3.66. The fraction of sp³-hybridized carbons (Fsp3) is 0.364. The summed E-state index contributed by atoms with van der Waals surface area (Å²) < 4.78 is 28.8. The number of amides is 1. The molecule has 1 N–H and O–H groups in total. The highest BCUT2D eigenvalue weighted by Crippen LogP contribution is 2.30. The molecule has 7 heteroatoms. The Morgan fingerprint density at radius 2 is 1.83 bits per heavy atom. The van der Waals surface area contributed by atoms with Crippen molar-refractivity contribution in [2.24, 2.45) is 10.3 Å². The van der Waals surface area contributed by atoms with Gasteiger partial charge in [-0.25, -0.2) is 0 Å². The number of fused-ring (bicyclic) bond motifs is 1. The SMILES string of the molecule is Cc1cc(C)c(NC(=O)C2CCCN(C3=NS(=O)(=O)c4ccccc43)C2)c(C)c1. The topological polar surface area (TPSA) is 78.8 Å². The van der Waals surface area contributed by atoms with Crippen LogP contribution in [0.15, 0.2) is 45.7 Å². The molecule has 2 aliphatic heterocycles. The maximum absolute atomic E-state index is 13.0. The van der Waals surface area contributed by atoms with Gasteiger partial charge in [-0.05, 0) is 56.9 Å². The lowest BCUT2D eigenvalue weighted by Gasteiger charge is -2.33. The van der Waals surface area contributed by atoms with Crippen LogP contribution in [0.1, 0.15) is 35.1 Å². The van der Waals surface area contributed by atoms with E-state index in [0.29, 0.717) is 24.5 Å². The lowest BCUT2D eigenvalue weighted by Crippen LogP contribution is -2.43. The van der Waals surface area contributed by atoms with Crippen molar-refractivity contribution in [2.45, 2.75) is 38.5 Å². The Labute approximate surface area is 171 Å². The maximum Gasteiger partial charge on any atom is 0.285 e. The standard InChI is InChI=1S/C22H25N3O3S/c1-14-11-15(2)20(16(3)12-14)23-22(26)17-7-6-10-25(13-17)21-18-8-4-5-9-19(18)29(27,28)24-21/h4-5,8-9,11-12,17H,6-7,10,13H2,1-3H3,(H,23,26). The number of aryl methyl sites for hydroxylation is 3. The molecule has 1 atom stereocenters. The summed E-state index contributed by atoms with van der Waals surface area (Å²) in [6.45, 7) is 7.18. The monoisotopic (exact) mass is 411 g/mol.